The Bertz CT molecular complexity index is 504. The molecule has 0 aromatic carbocycles. The van der Waals surface area contributed by atoms with Crippen LogP contribution in [0, 0.1) is 13.8 Å². The van der Waals surface area contributed by atoms with Crippen LogP contribution in [-0.2, 0) is 4.79 Å². The van der Waals surface area contributed by atoms with Crippen LogP contribution in [0.25, 0.3) is 0 Å². The second kappa shape index (κ2) is 6.50. The number of ketones is 1. The van der Waals surface area contributed by atoms with Gasteiger partial charge in [-0.15, -0.1) is 11.3 Å². The molecule has 0 spiro atoms. The van der Waals surface area contributed by atoms with E-state index in [2.05, 4.69) is 5.32 Å². The molecule has 4 nitrogen and oxygen atoms in total. The first-order valence-corrected chi connectivity index (χ1v) is 7.87. The Balaban J connectivity index is 1.86. The Morgan fingerprint density at radius 1 is 1.40 bits per heavy atom. The molecule has 0 radical (unpaired) electrons. The molecule has 20 heavy (non-hydrogen) atoms. The molecule has 1 unspecified atom stereocenters. The lowest BCUT2D eigenvalue weighted by atomic mass is 10.1. The maximum Gasteiger partial charge on any atom is 0.223 e. The van der Waals surface area contributed by atoms with Crippen LogP contribution in [0.15, 0.2) is 6.07 Å². The zero-order valence-corrected chi connectivity index (χ0v) is 13.2. The van der Waals surface area contributed by atoms with Gasteiger partial charge in [-0.05, 0) is 32.9 Å². The van der Waals surface area contributed by atoms with Crippen molar-refractivity contribution in [2.45, 2.75) is 39.2 Å². The maximum atomic E-state index is 12.2. The molecule has 0 bridgehead atoms. The molecule has 0 saturated carbocycles. The van der Waals surface area contributed by atoms with Crippen molar-refractivity contribution in [2.75, 3.05) is 20.1 Å². The zero-order chi connectivity index (χ0) is 14.7. The molecular formula is C15H22N2O2S. The molecule has 1 fully saturated rings. The van der Waals surface area contributed by atoms with E-state index in [9.17, 15) is 9.59 Å². The quantitative estimate of drug-likeness (QED) is 0.847. The van der Waals surface area contributed by atoms with Crippen molar-refractivity contribution < 1.29 is 9.59 Å². The number of carbonyl (C=O) groups is 2. The van der Waals surface area contributed by atoms with Gasteiger partial charge in [-0.3, -0.25) is 9.59 Å². The lowest BCUT2D eigenvalue weighted by molar-refractivity contribution is -0.131. The Kier molecular flexibility index (Phi) is 4.94. The fourth-order valence-corrected chi connectivity index (χ4v) is 3.56. The summed E-state index contributed by atoms with van der Waals surface area (Å²) in [5.74, 6) is 0.148. The SMILES string of the molecule is Cc1cc(C(=O)CCC(=O)N(C)C2CCNC2)c(C)s1. The van der Waals surface area contributed by atoms with E-state index >= 15 is 0 Å². The normalized spacial score (nSPS) is 18.2. The predicted octanol–water partition coefficient (Wildman–Crippen LogP) is 2.15. The van der Waals surface area contributed by atoms with Crippen LogP contribution >= 0.6 is 11.3 Å². The van der Waals surface area contributed by atoms with E-state index < -0.39 is 0 Å². The fourth-order valence-electron chi connectivity index (χ4n) is 2.61. The first kappa shape index (κ1) is 15.2. The third kappa shape index (κ3) is 3.46. The summed E-state index contributed by atoms with van der Waals surface area (Å²) in [4.78, 5) is 28.2. The zero-order valence-electron chi connectivity index (χ0n) is 12.4. The van der Waals surface area contributed by atoms with Crippen molar-refractivity contribution in [1.29, 1.82) is 0 Å². The average molecular weight is 294 g/mol. The second-order valence-electron chi connectivity index (χ2n) is 5.40. The summed E-state index contributed by atoms with van der Waals surface area (Å²) in [6.45, 7) is 5.79. The third-order valence-electron chi connectivity index (χ3n) is 3.88. The molecule has 1 amide bonds. The maximum absolute atomic E-state index is 12.2. The van der Waals surface area contributed by atoms with Crippen LogP contribution in [0.2, 0.25) is 0 Å². The molecule has 110 valence electrons. The number of nitrogens with one attached hydrogen (secondary N) is 1. The molecule has 1 N–H and O–H groups in total. The van der Waals surface area contributed by atoms with Crippen LogP contribution in [-0.4, -0.2) is 42.8 Å². The number of aryl methyl sites for hydroxylation is 2. The van der Waals surface area contributed by atoms with Gasteiger partial charge < -0.3 is 10.2 Å². The van der Waals surface area contributed by atoms with Gasteiger partial charge in [-0.25, -0.2) is 0 Å². The Morgan fingerprint density at radius 2 is 2.15 bits per heavy atom. The Hall–Kier alpha value is -1.20. The second-order valence-corrected chi connectivity index (χ2v) is 6.86. The minimum absolute atomic E-state index is 0.0663. The van der Waals surface area contributed by atoms with Gasteiger partial charge >= 0.3 is 0 Å². The van der Waals surface area contributed by atoms with Crippen molar-refractivity contribution in [3.05, 3.63) is 21.4 Å². The summed E-state index contributed by atoms with van der Waals surface area (Å²) < 4.78 is 0. The van der Waals surface area contributed by atoms with E-state index in [-0.39, 0.29) is 17.7 Å². The van der Waals surface area contributed by atoms with Gasteiger partial charge in [-0.2, -0.15) is 0 Å². The van der Waals surface area contributed by atoms with Gasteiger partial charge in [0.1, 0.15) is 0 Å². The number of likely N-dealkylation sites (N-methyl/N-ethyl adjacent to an activating group) is 1. The number of amides is 1. The van der Waals surface area contributed by atoms with E-state index in [0.717, 1.165) is 34.8 Å². The highest BCUT2D eigenvalue weighted by atomic mass is 32.1. The van der Waals surface area contributed by atoms with Crippen molar-refractivity contribution >= 4 is 23.0 Å². The standard InChI is InChI=1S/C15H22N2O2S/c1-10-8-13(11(2)20-10)14(18)4-5-15(19)17(3)12-6-7-16-9-12/h8,12,16H,4-7,9H2,1-3H3. The summed E-state index contributed by atoms with van der Waals surface area (Å²) in [5, 5.41) is 3.25. The lowest BCUT2D eigenvalue weighted by Crippen LogP contribution is -2.38. The molecular weight excluding hydrogens is 272 g/mol. The van der Waals surface area contributed by atoms with Gasteiger partial charge in [0.05, 0.1) is 0 Å². The monoisotopic (exact) mass is 294 g/mol. The Morgan fingerprint density at radius 3 is 2.70 bits per heavy atom. The van der Waals surface area contributed by atoms with Gasteiger partial charge in [0.2, 0.25) is 5.91 Å². The van der Waals surface area contributed by atoms with Crippen molar-refractivity contribution in [3.8, 4) is 0 Å². The molecule has 1 aliphatic rings. The van der Waals surface area contributed by atoms with Crippen molar-refractivity contribution in [1.82, 2.24) is 10.2 Å². The number of rotatable bonds is 5. The highest BCUT2D eigenvalue weighted by molar-refractivity contribution is 7.12. The number of thiophene rings is 1. The van der Waals surface area contributed by atoms with Crippen LogP contribution < -0.4 is 5.32 Å². The summed E-state index contributed by atoms with van der Waals surface area (Å²) in [5.41, 5.74) is 0.783. The predicted molar refractivity (Wildman–Crippen MR) is 81.4 cm³/mol. The average Bonchev–Trinajstić information content (AvgIpc) is 3.04. The molecule has 2 rings (SSSR count). The highest BCUT2D eigenvalue weighted by Gasteiger charge is 2.23. The van der Waals surface area contributed by atoms with E-state index in [1.807, 2.05) is 27.0 Å². The molecule has 1 atom stereocenters. The first-order valence-electron chi connectivity index (χ1n) is 7.05. The number of carbonyl (C=O) groups excluding carboxylic acids is 2. The molecule has 1 aromatic heterocycles. The molecule has 1 aromatic rings. The van der Waals surface area contributed by atoms with Gasteiger partial charge in [0.15, 0.2) is 5.78 Å². The molecule has 5 heteroatoms. The summed E-state index contributed by atoms with van der Waals surface area (Å²) in [7, 11) is 1.84. The molecule has 1 aliphatic heterocycles. The number of nitrogens with zero attached hydrogens (tertiary/aromatic N) is 1. The van der Waals surface area contributed by atoms with E-state index in [4.69, 9.17) is 0 Å². The summed E-state index contributed by atoms with van der Waals surface area (Å²) in [6, 6.07) is 2.21. The van der Waals surface area contributed by atoms with E-state index in [1.54, 1.807) is 16.2 Å². The first-order chi connectivity index (χ1) is 9.49. The smallest absolute Gasteiger partial charge is 0.223 e. The number of Topliss-reactive ketones (excluding diaryl/α,β-unsaturated/α-hetero) is 1. The van der Waals surface area contributed by atoms with E-state index in [1.165, 1.54) is 0 Å². The van der Waals surface area contributed by atoms with Gasteiger partial charge in [0, 0.05) is 47.8 Å². The van der Waals surface area contributed by atoms with Crippen LogP contribution in [0.1, 0.15) is 39.4 Å². The van der Waals surface area contributed by atoms with E-state index in [0.29, 0.717) is 12.8 Å². The van der Waals surface area contributed by atoms with Crippen LogP contribution in [0.5, 0.6) is 0 Å². The van der Waals surface area contributed by atoms with Crippen LogP contribution in [0.3, 0.4) is 0 Å². The largest absolute Gasteiger partial charge is 0.341 e. The summed E-state index contributed by atoms with van der Waals surface area (Å²) in [6.07, 6.45) is 1.61. The summed E-state index contributed by atoms with van der Waals surface area (Å²) >= 11 is 1.63. The minimum atomic E-state index is 0.0663. The van der Waals surface area contributed by atoms with Crippen molar-refractivity contribution in [3.63, 3.8) is 0 Å². The van der Waals surface area contributed by atoms with Crippen LogP contribution in [0.4, 0.5) is 0 Å². The van der Waals surface area contributed by atoms with Gasteiger partial charge in [-0.1, -0.05) is 0 Å². The lowest BCUT2D eigenvalue weighted by Gasteiger charge is -2.23. The minimum Gasteiger partial charge on any atom is -0.341 e. The molecule has 2 heterocycles. The molecule has 0 aliphatic carbocycles. The number of hydrogen-bond acceptors (Lipinski definition) is 4. The van der Waals surface area contributed by atoms with Crippen molar-refractivity contribution in [2.24, 2.45) is 0 Å². The highest BCUT2D eigenvalue weighted by Crippen LogP contribution is 2.22. The fraction of sp³-hybridized carbons (Fsp3) is 0.600. The Labute approximate surface area is 124 Å². The third-order valence-corrected chi connectivity index (χ3v) is 4.85. The van der Waals surface area contributed by atoms with Gasteiger partial charge in [0.25, 0.3) is 0 Å². The molecule has 1 saturated heterocycles. The topological polar surface area (TPSA) is 49.4 Å². The number of hydrogen-bond donors (Lipinski definition) is 1.